The van der Waals surface area contributed by atoms with Crippen molar-refractivity contribution in [2.75, 3.05) is 0 Å². The maximum Gasteiger partial charge on any atom is 0.420 e. The van der Waals surface area contributed by atoms with E-state index in [4.69, 9.17) is 5.26 Å². The van der Waals surface area contributed by atoms with Crippen molar-refractivity contribution in [3.63, 3.8) is 0 Å². The van der Waals surface area contributed by atoms with Crippen LogP contribution in [-0.2, 0) is 9.68 Å². The summed E-state index contributed by atoms with van der Waals surface area (Å²) in [6, 6.07) is 5.90. The predicted molar refractivity (Wildman–Crippen MR) is 44.9 cm³/mol. The zero-order valence-corrected chi connectivity index (χ0v) is 6.99. The van der Waals surface area contributed by atoms with Crippen LogP contribution in [0.15, 0.2) is 30.3 Å². The number of hydrogen-bond acceptors (Lipinski definition) is 5. The largest absolute Gasteiger partial charge is 0.420 e. The van der Waals surface area contributed by atoms with E-state index in [0.29, 0.717) is 0 Å². The molecule has 14 heavy (non-hydrogen) atoms. The van der Waals surface area contributed by atoms with Crippen molar-refractivity contribution in [2.24, 2.45) is 0 Å². The topological polar surface area (TPSA) is 89.7 Å². The Balaban J connectivity index is 3.01. The Bertz CT molecular complexity index is 337. The smallest absolute Gasteiger partial charge is 0.293 e. The van der Waals surface area contributed by atoms with E-state index < -0.39 is 16.9 Å². The van der Waals surface area contributed by atoms with Crippen LogP contribution in [0.4, 0.5) is 0 Å². The van der Waals surface area contributed by atoms with Gasteiger partial charge in [-0.2, -0.15) is 5.26 Å². The maximum atomic E-state index is 10.8. The Hall–Kier alpha value is -1.95. The normalized spacial score (nSPS) is 11.8. The van der Waals surface area contributed by atoms with Crippen LogP contribution in [0.3, 0.4) is 0 Å². The van der Waals surface area contributed by atoms with Crippen LogP contribution in [-0.4, -0.2) is 16.1 Å². The molecule has 1 aromatic carbocycles. The average molecular weight is 197 g/mol. The van der Waals surface area contributed by atoms with Gasteiger partial charge in [-0.25, -0.2) is 4.79 Å². The van der Waals surface area contributed by atoms with Crippen LogP contribution in [0.25, 0.3) is 0 Å². The van der Waals surface area contributed by atoms with E-state index in [1.165, 1.54) is 12.1 Å². The number of benzene rings is 1. The molecular formula is C8H7NO5. The first-order chi connectivity index (χ1) is 6.66. The quantitative estimate of drug-likeness (QED) is 0.443. The fraction of sp³-hybridized carbons (Fsp3) is 0.125. The van der Waals surface area contributed by atoms with Crippen molar-refractivity contribution in [1.29, 1.82) is 0 Å². The van der Waals surface area contributed by atoms with E-state index in [9.17, 15) is 14.9 Å². The summed E-state index contributed by atoms with van der Waals surface area (Å²) >= 11 is 0. The number of nitrogens with zero attached hydrogens (tertiary/aromatic N) is 1. The van der Waals surface area contributed by atoms with Gasteiger partial charge in [0.05, 0.1) is 0 Å². The summed E-state index contributed by atoms with van der Waals surface area (Å²) in [5.74, 6) is -1.30. The van der Waals surface area contributed by atoms with Gasteiger partial charge in [0, 0.05) is 10.5 Å². The van der Waals surface area contributed by atoms with E-state index in [-0.39, 0.29) is 5.56 Å². The second kappa shape index (κ2) is 4.33. The first-order valence-electron chi connectivity index (χ1n) is 3.70. The number of nitro groups is 1. The number of rotatable bonds is 3. The summed E-state index contributed by atoms with van der Waals surface area (Å²) in [4.78, 5) is 23.9. The Kier molecular flexibility index (Phi) is 3.14. The highest BCUT2D eigenvalue weighted by Crippen LogP contribution is 2.17. The molecule has 0 aliphatic heterocycles. The molecule has 0 amide bonds. The van der Waals surface area contributed by atoms with Crippen molar-refractivity contribution in [3.8, 4) is 0 Å². The zero-order valence-electron chi connectivity index (χ0n) is 6.99. The third-order valence-electron chi connectivity index (χ3n) is 1.64. The second-order valence-corrected chi connectivity index (χ2v) is 2.51. The summed E-state index contributed by atoms with van der Waals surface area (Å²) in [6.07, 6.45) is 0. The van der Waals surface area contributed by atoms with Crippen LogP contribution in [0, 0.1) is 10.1 Å². The molecule has 0 spiro atoms. The lowest BCUT2D eigenvalue weighted by Gasteiger charge is -2.04. The van der Waals surface area contributed by atoms with Gasteiger partial charge in [0.2, 0.25) is 0 Å². The molecule has 0 saturated heterocycles. The van der Waals surface area contributed by atoms with Crippen LogP contribution in [0.5, 0.6) is 0 Å². The highest BCUT2D eigenvalue weighted by atomic mass is 17.1. The molecule has 0 bridgehead atoms. The van der Waals surface area contributed by atoms with Crippen molar-refractivity contribution in [2.45, 2.75) is 6.04 Å². The third kappa shape index (κ3) is 2.05. The Morgan fingerprint density at radius 2 is 2.00 bits per heavy atom. The van der Waals surface area contributed by atoms with E-state index >= 15 is 0 Å². The second-order valence-electron chi connectivity index (χ2n) is 2.51. The van der Waals surface area contributed by atoms with Crippen molar-refractivity contribution in [3.05, 3.63) is 46.0 Å². The number of carbonyl (C=O) groups excluding carboxylic acids is 1. The molecule has 6 heteroatoms. The molecule has 0 saturated carbocycles. The van der Waals surface area contributed by atoms with Gasteiger partial charge in [-0.05, 0) is 0 Å². The van der Waals surface area contributed by atoms with Gasteiger partial charge >= 0.3 is 12.0 Å². The molecule has 6 nitrogen and oxygen atoms in total. The minimum absolute atomic E-state index is 0.163. The average Bonchev–Trinajstić information content (AvgIpc) is 2.19. The first-order valence-corrected chi connectivity index (χ1v) is 3.70. The van der Waals surface area contributed by atoms with E-state index in [2.05, 4.69) is 4.89 Å². The lowest BCUT2D eigenvalue weighted by Crippen LogP contribution is -2.22. The molecule has 1 atom stereocenters. The highest BCUT2D eigenvalue weighted by molar-refractivity contribution is 5.75. The molecule has 0 fully saturated rings. The maximum absolute atomic E-state index is 10.8. The van der Waals surface area contributed by atoms with E-state index in [0.717, 1.165) is 0 Å². The molecular weight excluding hydrogens is 190 g/mol. The minimum Gasteiger partial charge on any atom is -0.293 e. The molecule has 1 rings (SSSR count). The zero-order chi connectivity index (χ0) is 10.6. The van der Waals surface area contributed by atoms with Gasteiger partial charge in [0.15, 0.2) is 0 Å². The van der Waals surface area contributed by atoms with Gasteiger partial charge in [0.1, 0.15) is 0 Å². The lowest BCUT2D eigenvalue weighted by molar-refractivity contribution is -0.519. The van der Waals surface area contributed by atoms with Crippen LogP contribution in [0.1, 0.15) is 11.6 Å². The summed E-state index contributed by atoms with van der Waals surface area (Å²) < 4.78 is 0. The van der Waals surface area contributed by atoms with Gasteiger partial charge in [0.25, 0.3) is 0 Å². The SMILES string of the molecule is O=C(OO)C(c1ccccc1)[N+](=O)[O-]. The molecule has 1 aromatic rings. The van der Waals surface area contributed by atoms with Gasteiger partial charge in [-0.3, -0.25) is 15.0 Å². The Morgan fingerprint density at radius 1 is 1.43 bits per heavy atom. The van der Waals surface area contributed by atoms with Crippen LogP contribution >= 0.6 is 0 Å². The fourth-order valence-corrected chi connectivity index (χ4v) is 1.03. The van der Waals surface area contributed by atoms with Crippen LogP contribution < -0.4 is 0 Å². The van der Waals surface area contributed by atoms with E-state index in [1.807, 2.05) is 0 Å². The summed E-state index contributed by atoms with van der Waals surface area (Å²) in [5, 5.41) is 18.6. The number of hydrogen-bond donors (Lipinski definition) is 1. The molecule has 74 valence electrons. The monoisotopic (exact) mass is 197 g/mol. The molecule has 0 aliphatic carbocycles. The van der Waals surface area contributed by atoms with Crippen LogP contribution in [0.2, 0.25) is 0 Å². The number of carbonyl (C=O) groups is 1. The molecule has 0 aromatic heterocycles. The first kappa shape index (κ1) is 10.1. The third-order valence-corrected chi connectivity index (χ3v) is 1.64. The van der Waals surface area contributed by atoms with Crippen molar-refractivity contribution in [1.82, 2.24) is 0 Å². The molecule has 0 heterocycles. The fourth-order valence-electron chi connectivity index (χ4n) is 1.03. The molecule has 0 aliphatic rings. The summed E-state index contributed by atoms with van der Waals surface area (Å²) in [7, 11) is 0. The van der Waals surface area contributed by atoms with Crippen molar-refractivity contribution < 1.29 is 19.9 Å². The molecule has 0 radical (unpaired) electrons. The minimum atomic E-state index is -1.68. The van der Waals surface area contributed by atoms with Crippen molar-refractivity contribution >= 4 is 5.97 Å². The van der Waals surface area contributed by atoms with Gasteiger partial charge in [-0.15, -0.1) is 0 Å². The summed E-state index contributed by atoms with van der Waals surface area (Å²) in [5.41, 5.74) is 0.163. The standard InChI is InChI=1S/C8H7NO5/c10-8(14-13)7(9(11)12)6-4-2-1-3-5-6/h1-5,7,13H. The lowest BCUT2D eigenvalue weighted by atomic mass is 10.1. The van der Waals surface area contributed by atoms with E-state index in [1.54, 1.807) is 18.2 Å². The van der Waals surface area contributed by atoms with Gasteiger partial charge in [-0.1, -0.05) is 30.3 Å². The molecule has 1 unspecified atom stereocenters. The Labute approximate surface area is 78.8 Å². The molecule has 1 N–H and O–H groups in total. The highest BCUT2D eigenvalue weighted by Gasteiger charge is 2.33. The summed E-state index contributed by atoms with van der Waals surface area (Å²) in [6.45, 7) is 0. The van der Waals surface area contributed by atoms with Gasteiger partial charge < -0.3 is 0 Å². The Morgan fingerprint density at radius 3 is 2.43 bits per heavy atom. The predicted octanol–water partition coefficient (Wildman–Crippen LogP) is 1.02.